The summed E-state index contributed by atoms with van der Waals surface area (Å²) < 4.78 is 28.2. The fraction of sp³-hybridized carbons (Fsp3) is 0.130. The number of amides is 2. The molecule has 2 amide bonds. The Kier molecular flexibility index (Phi) is 5.94. The molecule has 0 radical (unpaired) electrons. The van der Waals surface area contributed by atoms with Crippen LogP contribution in [0.3, 0.4) is 0 Å². The van der Waals surface area contributed by atoms with Gasteiger partial charge in [-0.1, -0.05) is 24.3 Å². The maximum Gasteiger partial charge on any atom is 0.261 e. The summed E-state index contributed by atoms with van der Waals surface area (Å²) in [7, 11) is -3.83. The number of hydrogen-bond acceptors (Lipinski definition) is 5. The first-order chi connectivity index (χ1) is 15.2. The van der Waals surface area contributed by atoms with Crippen molar-refractivity contribution >= 4 is 50.7 Å². The van der Waals surface area contributed by atoms with Crippen molar-refractivity contribution in [2.75, 3.05) is 15.4 Å². The van der Waals surface area contributed by atoms with E-state index in [-0.39, 0.29) is 16.1 Å². The molecule has 0 saturated heterocycles. The van der Waals surface area contributed by atoms with Crippen molar-refractivity contribution in [2.45, 2.75) is 28.9 Å². The molecule has 1 unspecified atom stereocenters. The fourth-order valence-corrected chi connectivity index (χ4v) is 5.29. The summed E-state index contributed by atoms with van der Waals surface area (Å²) in [4.78, 5) is 25.6. The highest BCUT2D eigenvalue weighted by atomic mass is 32.2. The van der Waals surface area contributed by atoms with Crippen LogP contribution in [0.4, 0.5) is 17.1 Å². The zero-order valence-electron chi connectivity index (χ0n) is 17.4. The van der Waals surface area contributed by atoms with Gasteiger partial charge in [-0.15, -0.1) is 11.8 Å². The molecule has 0 spiro atoms. The van der Waals surface area contributed by atoms with Crippen molar-refractivity contribution in [3.05, 3.63) is 77.9 Å². The first-order valence-electron chi connectivity index (χ1n) is 9.84. The summed E-state index contributed by atoms with van der Waals surface area (Å²) >= 11 is 1.43. The first kappa shape index (κ1) is 21.9. The van der Waals surface area contributed by atoms with E-state index >= 15 is 0 Å². The van der Waals surface area contributed by atoms with E-state index < -0.39 is 15.9 Å². The van der Waals surface area contributed by atoms with Gasteiger partial charge in [0, 0.05) is 16.1 Å². The zero-order valence-corrected chi connectivity index (χ0v) is 19.0. The Morgan fingerprint density at radius 1 is 1.03 bits per heavy atom. The Morgan fingerprint density at radius 2 is 1.81 bits per heavy atom. The number of hydrogen-bond donors (Lipinski definition) is 3. The normalized spacial score (nSPS) is 15.4. The second-order valence-corrected chi connectivity index (χ2v) is 10.4. The summed E-state index contributed by atoms with van der Waals surface area (Å²) in [6.07, 6.45) is 0. The molecule has 7 nitrogen and oxygen atoms in total. The minimum absolute atomic E-state index is 0.0293. The molecule has 0 bridgehead atoms. The van der Waals surface area contributed by atoms with E-state index in [2.05, 4.69) is 15.4 Å². The third-order valence-corrected chi connectivity index (χ3v) is 7.50. The van der Waals surface area contributed by atoms with E-state index in [0.29, 0.717) is 22.6 Å². The van der Waals surface area contributed by atoms with Gasteiger partial charge in [0.15, 0.2) is 0 Å². The quantitative estimate of drug-likeness (QED) is 0.513. The maximum absolute atomic E-state index is 12.8. The molecular formula is C23H21N3O4S2. The Morgan fingerprint density at radius 3 is 2.59 bits per heavy atom. The average Bonchev–Trinajstić information content (AvgIpc) is 2.76. The van der Waals surface area contributed by atoms with E-state index in [1.54, 1.807) is 42.5 Å². The lowest BCUT2D eigenvalue weighted by Crippen LogP contribution is -2.26. The molecule has 9 heteroatoms. The van der Waals surface area contributed by atoms with E-state index in [4.69, 9.17) is 0 Å². The Balaban J connectivity index is 1.53. The summed E-state index contributed by atoms with van der Waals surface area (Å²) in [6, 6.07) is 18.2. The number of sulfonamides is 1. The maximum atomic E-state index is 12.8. The predicted octanol–water partition coefficient (Wildman–Crippen LogP) is 4.48. The number of rotatable bonds is 5. The van der Waals surface area contributed by atoms with Gasteiger partial charge < -0.3 is 10.6 Å². The third kappa shape index (κ3) is 4.63. The Bertz CT molecular complexity index is 1320. The average molecular weight is 468 g/mol. The van der Waals surface area contributed by atoms with Crippen LogP contribution < -0.4 is 15.4 Å². The molecule has 3 N–H and O–H groups in total. The van der Waals surface area contributed by atoms with E-state index in [1.807, 2.05) is 26.0 Å². The van der Waals surface area contributed by atoms with E-state index in [0.717, 1.165) is 10.5 Å². The lowest BCUT2D eigenvalue weighted by Gasteiger charge is -2.21. The van der Waals surface area contributed by atoms with Gasteiger partial charge in [-0.2, -0.15) is 0 Å². The highest BCUT2D eigenvalue weighted by Crippen LogP contribution is 2.36. The number of thioether (sulfide) groups is 1. The van der Waals surface area contributed by atoms with Crippen LogP contribution in [0.5, 0.6) is 0 Å². The summed E-state index contributed by atoms with van der Waals surface area (Å²) in [5.74, 6) is -0.522. The third-order valence-electron chi connectivity index (χ3n) is 4.96. The molecule has 1 aliphatic heterocycles. The number of para-hydroxylation sites is 1. The Hall–Kier alpha value is -3.30. The highest BCUT2D eigenvalue weighted by Gasteiger charge is 2.24. The zero-order chi connectivity index (χ0) is 22.9. The van der Waals surface area contributed by atoms with Gasteiger partial charge in [-0.25, -0.2) is 8.42 Å². The van der Waals surface area contributed by atoms with Gasteiger partial charge in [0.05, 0.1) is 21.5 Å². The van der Waals surface area contributed by atoms with Gasteiger partial charge in [0.25, 0.3) is 15.9 Å². The number of nitrogens with one attached hydrogen (secondary N) is 3. The molecule has 0 aliphatic carbocycles. The van der Waals surface area contributed by atoms with Crippen LogP contribution >= 0.6 is 11.8 Å². The second kappa shape index (κ2) is 8.68. The van der Waals surface area contributed by atoms with Crippen LogP contribution in [0.15, 0.2) is 76.5 Å². The molecule has 1 heterocycles. The number of aryl methyl sites for hydroxylation is 1. The number of carbonyl (C=O) groups is 2. The van der Waals surface area contributed by atoms with E-state index in [9.17, 15) is 18.0 Å². The first-order valence-corrected chi connectivity index (χ1v) is 12.2. The minimum Gasteiger partial charge on any atom is -0.324 e. The molecule has 4 rings (SSSR count). The van der Waals surface area contributed by atoms with Crippen LogP contribution in [-0.2, 0) is 14.8 Å². The fourth-order valence-electron chi connectivity index (χ4n) is 3.19. The summed E-state index contributed by atoms with van der Waals surface area (Å²) in [6.45, 7) is 3.63. The van der Waals surface area contributed by atoms with Crippen LogP contribution in [0, 0.1) is 6.92 Å². The number of benzene rings is 3. The number of anilines is 3. The topological polar surface area (TPSA) is 104 Å². The molecule has 0 saturated carbocycles. The second-order valence-electron chi connectivity index (χ2n) is 7.36. The molecule has 1 aliphatic rings. The van der Waals surface area contributed by atoms with Crippen LogP contribution in [0.2, 0.25) is 0 Å². The lowest BCUT2D eigenvalue weighted by atomic mass is 10.1. The lowest BCUT2D eigenvalue weighted by molar-refractivity contribution is -0.115. The molecule has 3 aromatic rings. The minimum atomic E-state index is -3.83. The number of carbonyl (C=O) groups excluding carboxylic acids is 2. The molecular weight excluding hydrogens is 446 g/mol. The molecule has 3 aromatic carbocycles. The van der Waals surface area contributed by atoms with Crippen molar-refractivity contribution in [3.8, 4) is 0 Å². The van der Waals surface area contributed by atoms with Gasteiger partial charge in [-0.3, -0.25) is 14.3 Å². The van der Waals surface area contributed by atoms with Crippen molar-refractivity contribution in [1.82, 2.24) is 0 Å². The molecule has 0 aromatic heterocycles. The predicted molar refractivity (Wildman–Crippen MR) is 127 cm³/mol. The van der Waals surface area contributed by atoms with Crippen LogP contribution in [-0.4, -0.2) is 25.5 Å². The molecule has 32 heavy (non-hydrogen) atoms. The molecule has 164 valence electrons. The van der Waals surface area contributed by atoms with Gasteiger partial charge >= 0.3 is 0 Å². The van der Waals surface area contributed by atoms with Crippen molar-refractivity contribution < 1.29 is 18.0 Å². The summed E-state index contributed by atoms with van der Waals surface area (Å²) in [5, 5.41) is 5.33. The van der Waals surface area contributed by atoms with Gasteiger partial charge in [0.1, 0.15) is 0 Å². The summed E-state index contributed by atoms with van der Waals surface area (Å²) in [5.41, 5.74) is 2.57. The SMILES string of the molecule is Cc1ccccc1NS(=O)(=O)c1cccc(NC(=O)c2ccc3c(c2)NC(=O)C(C)S3)c1. The Labute approximate surface area is 190 Å². The largest absolute Gasteiger partial charge is 0.324 e. The van der Waals surface area contributed by atoms with Crippen molar-refractivity contribution in [3.63, 3.8) is 0 Å². The van der Waals surface area contributed by atoms with Crippen LogP contribution in [0.25, 0.3) is 0 Å². The standard InChI is InChI=1S/C23H21N3O4S2/c1-14-6-3-4-9-19(14)26-32(29,30)18-8-5-7-17(13-18)24-23(28)16-10-11-21-20(12-16)25-22(27)15(2)31-21/h3-13,15,26H,1-2H3,(H,24,28)(H,25,27). The van der Waals surface area contributed by atoms with Crippen LogP contribution in [0.1, 0.15) is 22.8 Å². The van der Waals surface area contributed by atoms with Crippen molar-refractivity contribution in [2.24, 2.45) is 0 Å². The molecule has 0 fully saturated rings. The van der Waals surface area contributed by atoms with Gasteiger partial charge in [0.2, 0.25) is 5.91 Å². The van der Waals surface area contributed by atoms with E-state index in [1.165, 1.54) is 23.9 Å². The van der Waals surface area contributed by atoms with Crippen molar-refractivity contribution in [1.29, 1.82) is 0 Å². The highest BCUT2D eigenvalue weighted by molar-refractivity contribution is 8.01. The molecule has 1 atom stereocenters. The number of fused-ring (bicyclic) bond motifs is 1. The monoisotopic (exact) mass is 467 g/mol. The van der Waals surface area contributed by atoms with Gasteiger partial charge in [-0.05, 0) is 61.9 Å². The smallest absolute Gasteiger partial charge is 0.261 e.